The molecule has 0 aliphatic carbocycles. The molecule has 0 saturated heterocycles. The number of nitriles is 1. The minimum Gasteiger partial charge on any atom is -0.494 e. The van der Waals surface area contributed by atoms with Gasteiger partial charge in [-0.05, 0) is 57.4 Å². The Kier molecular flexibility index (Phi) is 7.41. The highest BCUT2D eigenvalue weighted by atomic mass is 79.9. The summed E-state index contributed by atoms with van der Waals surface area (Å²) >= 11 is 3.14. The molecule has 10 nitrogen and oxygen atoms in total. The summed E-state index contributed by atoms with van der Waals surface area (Å²) in [7, 11) is -1.83. The number of nitrogens with one attached hydrogen (secondary N) is 1. The van der Waals surface area contributed by atoms with Crippen molar-refractivity contribution in [1.29, 1.82) is 5.26 Å². The maximum Gasteiger partial charge on any atom is 0.335 e. The van der Waals surface area contributed by atoms with Crippen LogP contribution in [0.4, 0.5) is 5.69 Å². The van der Waals surface area contributed by atoms with Crippen LogP contribution in [0.2, 0.25) is 0 Å². The summed E-state index contributed by atoms with van der Waals surface area (Å²) < 4.78 is 39.4. The largest absolute Gasteiger partial charge is 0.494 e. The first kappa shape index (κ1) is 25.0. The number of sulfonamides is 1. The van der Waals surface area contributed by atoms with Crippen molar-refractivity contribution in [3.05, 3.63) is 63.8 Å². The van der Waals surface area contributed by atoms with Gasteiger partial charge in [0.1, 0.15) is 10.6 Å². The minimum absolute atomic E-state index is 0.0508. The van der Waals surface area contributed by atoms with E-state index in [4.69, 9.17) is 9.47 Å². The molecule has 0 aliphatic heterocycles. The average Bonchev–Trinajstić information content (AvgIpc) is 2.82. The molecule has 0 aliphatic rings. The van der Waals surface area contributed by atoms with Crippen LogP contribution in [0.5, 0.6) is 11.6 Å². The van der Waals surface area contributed by atoms with Crippen LogP contribution in [0.1, 0.15) is 21.5 Å². The van der Waals surface area contributed by atoms with Crippen molar-refractivity contribution in [2.45, 2.75) is 11.5 Å². The highest BCUT2D eigenvalue weighted by Crippen LogP contribution is 2.37. The van der Waals surface area contributed by atoms with E-state index in [-0.39, 0.29) is 34.0 Å². The van der Waals surface area contributed by atoms with E-state index in [2.05, 4.69) is 25.6 Å². The number of aliphatic hydroxyl groups excluding tert-OH is 1. The van der Waals surface area contributed by atoms with Gasteiger partial charge in [-0.2, -0.15) is 5.26 Å². The Morgan fingerprint density at radius 2 is 1.94 bits per heavy atom. The predicted molar refractivity (Wildman–Crippen MR) is 125 cm³/mol. The number of hydrogen-bond donors (Lipinski definition) is 3. The fraction of sp³-hybridized carbons (Fsp3) is 0.136. The van der Waals surface area contributed by atoms with E-state index in [0.29, 0.717) is 22.3 Å². The monoisotopic (exact) mass is 547 g/mol. The van der Waals surface area contributed by atoms with Gasteiger partial charge in [0.15, 0.2) is 5.75 Å². The van der Waals surface area contributed by atoms with Gasteiger partial charge in [0.05, 0.1) is 42.5 Å². The van der Waals surface area contributed by atoms with Gasteiger partial charge >= 0.3 is 5.97 Å². The van der Waals surface area contributed by atoms with Crippen LogP contribution >= 0.6 is 15.9 Å². The highest BCUT2D eigenvalue weighted by Gasteiger charge is 2.26. The van der Waals surface area contributed by atoms with Crippen molar-refractivity contribution in [1.82, 2.24) is 4.98 Å². The molecule has 3 N–H and O–H groups in total. The molecule has 1 heterocycles. The number of methoxy groups -OCH3 is 2. The zero-order chi connectivity index (χ0) is 25.0. The summed E-state index contributed by atoms with van der Waals surface area (Å²) in [5.41, 5.74) is 1.40. The number of aromatic carboxylic acids is 1. The molecule has 12 heteroatoms. The van der Waals surface area contributed by atoms with E-state index >= 15 is 0 Å². The second-order valence-electron chi connectivity index (χ2n) is 6.82. The molecule has 0 bridgehead atoms. The van der Waals surface area contributed by atoms with Crippen LogP contribution in [0.3, 0.4) is 0 Å². The number of halogens is 1. The van der Waals surface area contributed by atoms with Gasteiger partial charge in [0, 0.05) is 11.8 Å². The molecule has 0 radical (unpaired) electrons. The zero-order valence-corrected chi connectivity index (χ0v) is 20.3. The van der Waals surface area contributed by atoms with Crippen molar-refractivity contribution in [2.75, 3.05) is 18.9 Å². The fourth-order valence-electron chi connectivity index (χ4n) is 3.18. The average molecular weight is 548 g/mol. The number of pyridine rings is 1. The quantitative estimate of drug-likeness (QED) is 0.384. The molecule has 0 atom stereocenters. The van der Waals surface area contributed by atoms with Crippen LogP contribution in [0.15, 0.2) is 52.0 Å². The second kappa shape index (κ2) is 10.1. The first-order valence-electron chi connectivity index (χ1n) is 9.47. The molecule has 3 rings (SSSR count). The molecule has 0 spiro atoms. The molecule has 34 heavy (non-hydrogen) atoms. The van der Waals surface area contributed by atoms with Crippen LogP contribution in [0, 0.1) is 11.3 Å². The Balaban J connectivity index is 2.16. The number of anilines is 1. The Labute approximate surface area is 203 Å². The maximum absolute atomic E-state index is 13.3. The summed E-state index contributed by atoms with van der Waals surface area (Å²) in [6.45, 7) is -0.318. The first-order chi connectivity index (χ1) is 16.1. The Bertz CT molecular complexity index is 1420. The van der Waals surface area contributed by atoms with Gasteiger partial charge in [-0.3, -0.25) is 4.72 Å². The van der Waals surface area contributed by atoms with Crippen LogP contribution < -0.4 is 14.2 Å². The van der Waals surface area contributed by atoms with Crippen molar-refractivity contribution < 1.29 is 32.9 Å². The van der Waals surface area contributed by atoms with Crippen LogP contribution in [-0.2, 0) is 16.6 Å². The van der Waals surface area contributed by atoms with E-state index < -0.39 is 20.9 Å². The molecule has 0 fully saturated rings. The summed E-state index contributed by atoms with van der Waals surface area (Å²) in [6.07, 6.45) is 1.41. The third-order valence-electron chi connectivity index (χ3n) is 4.76. The molecule has 3 aromatic rings. The summed E-state index contributed by atoms with van der Waals surface area (Å²) in [5.74, 6) is -1.47. The lowest BCUT2D eigenvalue weighted by molar-refractivity contribution is 0.0696. The minimum atomic E-state index is -4.38. The van der Waals surface area contributed by atoms with E-state index in [1.807, 2.05) is 6.07 Å². The molecule has 0 saturated carbocycles. The van der Waals surface area contributed by atoms with Crippen molar-refractivity contribution >= 4 is 37.6 Å². The number of carboxylic acids is 1. The SMILES string of the molecule is COc1ncc(-c2cc(C#N)ccc2CO)cc1NS(=O)(=O)c1cc(C(=O)O)cc(Br)c1OC. The number of carbonyl (C=O) groups is 1. The number of ether oxygens (including phenoxy) is 2. The third kappa shape index (κ3) is 4.96. The Hall–Kier alpha value is -3.66. The van der Waals surface area contributed by atoms with Gasteiger partial charge in [-0.25, -0.2) is 18.2 Å². The van der Waals surface area contributed by atoms with Gasteiger partial charge < -0.3 is 19.7 Å². The molecule has 1 aromatic heterocycles. The lowest BCUT2D eigenvalue weighted by atomic mass is 9.99. The number of benzene rings is 2. The number of hydrogen-bond acceptors (Lipinski definition) is 8. The normalized spacial score (nSPS) is 10.9. The second-order valence-corrected chi connectivity index (χ2v) is 9.33. The molecule has 2 aromatic carbocycles. The Morgan fingerprint density at radius 3 is 2.53 bits per heavy atom. The van der Waals surface area contributed by atoms with Gasteiger partial charge in [0.25, 0.3) is 10.0 Å². The lowest BCUT2D eigenvalue weighted by Gasteiger charge is -2.16. The summed E-state index contributed by atoms with van der Waals surface area (Å²) in [6, 6.07) is 10.3. The van der Waals surface area contributed by atoms with Crippen molar-refractivity contribution in [3.8, 4) is 28.8 Å². The van der Waals surface area contributed by atoms with Gasteiger partial charge in [-0.1, -0.05) is 6.07 Å². The molecule has 0 amide bonds. The van der Waals surface area contributed by atoms with E-state index in [1.54, 1.807) is 18.2 Å². The lowest BCUT2D eigenvalue weighted by Crippen LogP contribution is -2.16. The first-order valence-corrected chi connectivity index (χ1v) is 11.7. The standard InChI is InChI=1S/C22H18BrN3O7S/c1-32-20-17(23)6-14(22(28)29)8-19(20)34(30,31)26-18-7-15(10-25-21(18)33-2)16-5-12(9-24)3-4-13(16)11-27/h3-8,10,26-27H,11H2,1-2H3,(H,28,29). The molecular weight excluding hydrogens is 530 g/mol. The van der Waals surface area contributed by atoms with Crippen LogP contribution in [0.25, 0.3) is 11.1 Å². The van der Waals surface area contributed by atoms with E-state index in [0.717, 1.165) is 6.07 Å². The molecule has 0 unspecified atom stereocenters. The maximum atomic E-state index is 13.3. The predicted octanol–water partition coefficient (Wildman–Crippen LogP) is 3.39. The van der Waals surface area contributed by atoms with E-state index in [9.17, 15) is 28.7 Å². The van der Waals surface area contributed by atoms with Crippen molar-refractivity contribution in [2.24, 2.45) is 0 Å². The highest BCUT2D eigenvalue weighted by molar-refractivity contribution is 9.10. The van der Waals surface area contributed by atoms with Crippen LogP contribution in [-0.4, -0.2) is 43.8 Å². The number of rotatable bonds is 8. The van der Waals surface area contributed by atoms with E-state index in [1.165, 1.54) is 32.5 Å². The number of carboxylic acid groups (broad SMARTS) is 1. The Morgan fingerprint density at radius 1 is 1.21 bits per heavy atom. The number of aromatic nitrogens is 1. The number of nitrogens with zero attached hydrogens (tertiary/aromatic N) is 2. The third-order valence-corrected chi connectivity index (χ3v) is 6.72. The fourth-order valence-corrected chi connectivity index (χ4v) is 5.20. The van der Waals surface area contributed by atoms with Gasteiger partial charge in [0.2, 0.25) is 5.88 Å². The van der Waals surface area contributed by atoms with Crippen molar-refractivity contribution in [3.63, 3.8) is 0 Å². The van der Waals surface area contributed by atoms with Gasteiger partial charge in [-0.15, -0.1) is 0 Å². The topological polar surface area (TPSA) is 159 Å². The zero-order valence-electron chi connectivity index (χ0n) is 17.9. The number of aliphatic hydroxyl groups is 1. The smallest absolute Gasteiger partial charge is 0.335 e. The summed E-state index contributed by atoms with van der Waals surface area (Å²) in [4.78, 5) is 15.2. The molecule has 176 valence electrons. The summed E-state index contributed by atoms with van der Waals surface area (Å²) in [5, 5.41) is 28.3. The molecular formula is C22H18BrN3O7S.